The molecule has 0 unspecified atom stereocenters. The molecule has 0 saturated carbocycles. The van der Waals surface area contributed by atoms with Crippen LogP contribution in [0.5, 0.6) is 0 Å². The molecule has 0 aromatic carbocycles. The fourth-order valence-corrected chi connectivity index (χ4v) is 1.11. The maximum absolute atomic E-state index is 8.89. The minimum absolute atomic E-state index is 0.0415. The van der Waals surface area contributed by atoms with Gasteiger partial charge in [0.1, 0.15) is 18.0 Å². The van der Waals surface area contributed by atoms with Crippen molar-refractivity contribution in [3.63, 3.8) is 0 Å². The number of anilines is 2. The molecule has 0 amide bonds. The molecule has 16 heavy (non-hydrogen) atoms. The van der Waals surface area contributed by atoms with Gasteiger partial charge in [-0.3, -0.25) is 0 Å². The number of hydrogen-bond acceptors (Lipinski definition) is 6. The van der Waals surface area contributed by atoms with Gasteiger partial charge in [0.05, 0.1) is 13.2 Å². The molecule has 2 atom stereocenters. The number of rotatable bonds is 6. The molecule has 1 aromatic heterocycles. The third kappa shape index (κ3) is 4.00. The van der Waals surface area contributed by atoms with Crippen LogP contribution in [0.25, 0.3) is 0 Å². The Balaban J connectivity index is 2.63. The maximum atomic E-state index is 8.89. The molecule has 1 aromatic rings. The van der Waals surface area contributed by atoms with Gasteiger partial charge in [-0.1, -0.05) is 0 Å². The summed E-state index contributed by atoms with van der Waals surface area (Å²) in [6.45, 7) is 3.79. The monoisotopic (exact) mass is 226 g/mol. The van der Waals surface area contributed by atoms with E-state index in [0.29, 0.717) is 11.6 Å². The van der Waals surface area contributed by atoms with E-state index in [1.54, 1.807) is 6.07 Å². The summed E-state index contributed by atoms with van der Waals surface area (Å²) in [5.74, 6) is 1.29. The van der Waals surface area contributed by atoms with Crippen LogP contribution in [-0.2, 0) is 0 Å². The zero-order chi connectivity index (χ0) is 12.0. The van der Waals surface area contributed by atoms with Crippen molar-refractivity contribution in [2.45, 2.75) is 25.9 Å². The summed E-state index contributed by atoms with van der Waals surface area (Å²) < 4.78 is 0. The summed E-state index contributed by atoms with van der Waals surface area (Å²) in [6, 6.07) is 1.62. The van der Waals surface area contributed by atoms with E-state index in [1.807, 2.05) is 13.8 Å². The van der Waals surface area contributed by atoms with Gasteiger partial charge in [0.25, 0.3) is 0 Å². The average Bonchev–Trinajstić information content (AvgIpc) is 2.29. The second kappa shape index (κ2) is 6.24. The van der Waals surface area contributed by atoms with Crippen molar-refractivity contribution in [3.05, 3.63) is 12.4 Å². The van der Waals surface area contributed by atoms with Crippen molar-refractivity contribution in [1.82, 2.24) is 9.97 Å². The quantitative estimate of drug-likeness (QED) is 0.548. The Hall–Kier alpha value is -1.40. The summed E-state index contributed by atoms with van der Waals surface area (Å²) in [4.78, 5) is 8.05. The molecule has 0 aliphatic carbocycles. The highest BCUT2D eigenvalue weighted by atomic mass is 16.3. The first-order valence-corrected chi connectivity index (χ1v) is 5.22. The molecule has 0 aliphatic heterocycles. The molecule has 1 rings (SSSR count). The highest BCUT2D eigenvalue weighted by molar-refractivity contribution is 5.47. The van der Waals surface area contributed by atoms with Crippen LogP contribution in [0.1, 0.15) is 13.8 Å². The number of nitrogens with zero attached hydrogens (tertiary/aromatic N) is 2. The van der Waals surface area contributed by atoms with Crippen molar-refractivity contribution in [3.8, 4) is 0 Å². The molecular weight excluding hydrogens is 208 g/mol. The minimum Gasteiger partial charge on any atom is -0.394 e. The third-order valence-corrected chi connectivity index (χ3v) is 2.00. The van der Waals surface area contributed by atoms with Gasteiger partial charge in [0.2, 0.25) is 0 Å². The van der Waals surface area contributed by atoms with E-state index in [-0.39, 0.29) is 25.3 Å². The van der Waals surface area contributed by atoms with Crippen molar-refractivity contribution >= 4 is 11.6 Å². The Morgan fingerprint density at radius 3 is 1.88 bits per heavy atom. The molecule has 0 fully saturated rings. The van der Waals surface area contributed by atoms with Crippen LogP contribution in [0.2, 0.25) is 0 Å². The Kier molecular flexibility index (Phi) is 4.94. The first kappa shape index (κ1) is 12.7. The van der Waals surface area contributed by atoms with Crippen LogP contribution in [0.3, 0.4) is 0 Å². The lowest BCUT2D eigenvalue weighted by Crippen LogP contribution is -2.22. The molecule has 4 N–H and O–H groups in total. The van der Waals surface area contributed by atoms with Gasteiger partial charge in [0, 0.05) is 18.2 Å². The number of aromatic nitrogens is 2. The summed E-state index contributed by atoms with van der Waals surface area (Å²) in [5.41, 5.74) is 0. The normalized spacial score (nSPS) is 14.2. The fraction of sp³-hybridized carbons (Fsp3) is 0.600. The lowest BCUT2D eigenvalue weighted by atomic mass is 10.3. The van der Waals surface area contributed by atoms with Crippen molar-refractivity contribution in [1.29, 1.82) is 0 Å². The Morgan fingerprint density at radius 1 is 1.06 bits per heavy atom. The van der Waals surface area contributed by atoms with Crippen LogP contribution >= 0.6 is 0 Å². The zero-order valence-corrected chi connectivity index (χ0v) is 9.51. The molecule has 0 aliphatic rings. The van der Waals surface area contributed by atoms with Gasteiger partial charge in [0.15, 0.2) is 0 Å². The first-order valence-electron chi connectivity index (χ1n) is 5.22. The largest absolute Gasteiger partial charge is 0.394 e. The van der Waals surface area contributed by atoms with Gasteiger partial charge in [-0.05, 0) is 13.8 Å². The molecule has 1 heterocycles. The number of hydrogen-bond donors (Lipinski definition) is 4. The van der Waals surface area contributed by atoms with Crippen molar-refractivity contribution in [2.24, 2.45) is 0 Å². The highest BCUT2D eigenvalue weighted by Crippen LogP contribution is 2.10. The predicted molar refractivity (Wildman–Crippen MR) is 62.4 cm³/mol. The molecule has 90 valence electrons. The van der Waals surface area contributed by atoms with Gasteiger partial charge in [-0.25, -0.2) is 9.97 Å². The van der Waals surface area contributed by atoms with Crippen LogP contribution in [0, 0.1) is 0 Å². The van der Waals surface area contributed by atoms with Crippen LogP contribution in [-0.4, -0.2) is 45.5 Å². The zero-order valence-electron chi connectivity index (χ0n) is 9.51. The lowest BCUT2D eigenvalue weighted by Gasteiger charge is -2.14. The van der Waals surface area contributed by atoms with E-state index in [2.05, 4.69) is 20.6 Å². The average molecular weight is 226 g/mol. The molecule has 0 saturated heterocycles. The van der Waals surface area contributed by atoms with E-state index < -0.39 is 0 Å². The van der Waals surface area contributed by atoms with E-state index in [0.717, 1.165) is 0 Å². The van der Waals surface area contributed by atoms with Crippen LogP contribution < -0.4 is 10.6 Å². The van der Waals surface area contributed by atoms with Crippen molar-refractivity contribution in [2.75, 3.05) is 23.8 Å². The topological polar surface area (TPSA) is 90.3 Å². The molecule has 6 nitrogen and oxygen atoms in total. The highest BCUT2D eigenvalue weighted by Gasteiger charge is 2.04. The number of aliphatic hydroxyl groups is 2. The molecular formula is C10H18N4O2. The van der Waals surface area contributed by atoms with Crippen molar-refractivity contribution < 1.29 is 10.2 Å². The van der Waals surface area contributed by atoms with Gasteiger partial charge >= 0.3 is 0 Å². The SMILES string of the molecule is C[C@@H](CO)Nc1cc(N[C@@H](C)CO)ncn1. The minimum atomic E-state index is -0.0574. The molecule has 0 spiro atoms. The van der Waals surface area contributed by atoms with Gasteiger partial charge in [-0.15, -0.1) is 0 Å². The van der Waals surface area contributed by atoms with Crippen LogP contribution in [0.4, 0.5) is 11.6 Å². The molecule has 0 bridgehead atoms. The first-order chi connectivity index (χ1) is 7.65. The Labute approximate surface area is 94.7 Å². The molecule has 6 heteroatoms. The second-order valence-corrected chi connectivity index (χ2v) is 3.74. The number of nitrogens with one attached hydrogen (secondary N) is 2. The summed E-state index contributed by atoms with van der Waals surface area (Å²) >= 11 is 0. The van der Waals surface area contributed by atoms with E-state index in [4.69, 9.17) is 10.2 Å². The Bertz CT molecular complexity index is 294. The summed E-state index contributed by atoms with van der Waals surface area (Å²) in [7, 11) is 0. The third-order valence-electron chi connectivity index (χ3n) is 2.00. The fourth-order valence-electron chi connectivity index (χ4n) is 1.11. The Morgan fingerprint density at radius 2 is 1.50 bits per heavy atom. The lowest BCUT2D eigenvalue weighted by molar-refractivity contribution is 0.281. The van der Waals surface area contributed by atoms with Gasteiger partial charge in [-0.2, -0.15) is 0 Å². The number of aliphatic hydroxyl groups excluding tert-OH is 2. The smallest absolute Gasteiger partial charge is 0.131 e. The maximum Gasteiger partial charge on any atom is 0.131 e. The molecule has 0 radical (unpaired) electrons. The summed E-state index contributed by atoms with van der Waals surface area (Å²) in [6.07, 6.45) is 1.43. The second-order valence-electron chi connectivity index (χ2n) is 3.74. The van der Waals surface area contributed by atoms with Crippen LogP contribution in [0.15, 0.2) is 12.4 Å². The van der Waals surface area contributed by atoms with E-state index in [1.165, 1.54) is 6.33 Å². The standard InChI is InChI=1S/C10H18N4O2/c1-7(4-15)13-9-3-10(12-6-11-9)14-8(2)5-16/h3,6-8,15-16H,4-5H2,1-2H3,(H2,11,12,13,14)/t7-,8-/m0/s1. The predicted octanol–water partition coefficient (Wildman–Crippen LogP) is 0.0620. The van der Waals surface area contributed by atoms with E-state index in [9.17, 15) is 0 Å². The van der Waals surface area contributed by atoms with Gasteiger partial charge < -0.3 is 20.8 Å². The summed E-state index contributed by atoms with van der Waals surface area (Å²) in [5, 5.41) is 23.8. The van der Waals surface area contributed by atoms with E-state index >= 15 is 0 Å².